The van der Waals surface area contributed by atoms with Gasteiger partial charge in [-0.1, -0.05) is 6.92 Å². The molecule has 112 valence electrons. The second-order valence-corrected chi connectivity index (χ2v) is 7.62. The molecule has 1 aliphatic heterocycles. The van der Waals surface area contributed by atoms with Crippen molar-refractivity contribution in [3.8, 4) is 0 Å². The number of carboxylic acids is 1. The molecule has 0 spiro atoms. The lowest BCUT2D eigenvalue weighted by Crippen LogP contribution is -2.48. The highest BCUT2D eigenvalue weighted by Crippen LogP contribution is 2.18. The van der Waals surface area contributed by atoms with Gasteiger partial charge in [-0.3, -0.25) is 4.79 Å². The SMILES string of the molecule is CSCC(C)CNS(=O)(=O)N1CCCC(C(=O)O)C1. The molecule has 1 heterocycles. The fourth-order valence-electron chi connectivity index (χ4n) is 2.04. The van der Waals surface area contributed by atoms with Crippen molar-refractivity contribution in [1.82, 2.24) is 9.03 Å². The molecule has 1 rings (SSSR count). The van der Waals surface area contributed by atoms with Crippen LogP contribution in [0.5, 0.6) is 0 Å². The Morgan fingerprint density at radius 3 is 2.84 bits per heavy atom. The van der Waals surface area contributed by atoms with Crippen molar-refractivity contribution in [3.05, 3.63) is 0 Å². The highest BCUT2D eigenvalue weighted by molar-refractivity contribution is 7.98. The summed E-state index contributed by atoms with van der Waals surface area (Å²) in [4.78, 5) is 10.9. The van der Waals surface area contributed by atoms with E-state index in [4.69, 9.17) is 5.11 Å². The van der Waals surface area contributed by atoms with E-state index in [1.165, 1.54) is 4.31 Å². The standard InChI is InChI=1S/C11H22N2O4S2/c1-9(8-18-2)6-12-19(16,17)13-5-3-4-10(7-13)11(14)15/h9-10,12H,3-8H2,1-2H3,(H,14,15). The molecular weight excluding hydrogens is 288 g/mol. The molecule has 6 nitrogen and oxygen atoms in total. The van der Waals surface area contributed by atoms with Crippen LogP contribution in [0.2, 0.25) is 0 Å². The largest absolute Gasteiger partial charge is 0.481 e. The van der Waals surface area contributed by atoms with E-state index in [-0.39, 0.29) is 12.5 Å². The Bertz CT molecular complexity index is 399. The number of hydrogen-bond acceptors (Lipinski definition) is 4. The minimum Gasteiger partial charge on any atom is -0.481 e. The second-order valence-electron chi connectivity index (χ2n) is 4.95. The van der Waals surface area contributed by atoms with Crippen molar-refractivity contribution in [3.63, 3.8) is 0 Å². The Balaban J connectivity index is 2.54. The molecule has 2 unspecified atom stereocenters. The van der Waals surface area contributed by atoms with Crippen LogP contribution in [0, 0.1) is 11.8 Å². The lowest BCUT2D eigenvalue weighted by molar-refractivity contribution is -0.142. The van der Waals surface area contributed by atoms with Gasteiger partial charge in [-0.05, 0) is 30.8 Å². The lowest BCUT2D eigenvalue weighted by Gasteiger charge is -2.30. The Kier molecular flexibility index (Phi) is 6.58. The van der Waals surface area contributed by atoms with Gasteiger partial charge < -0.3 is 5.11 Å². The molecule has 2 atom stereocenters. The summed E-state index contributed by atoms with van der Waals surface area (Å²) in [6, 6.07) is 0. The minimum atomic E-state index is -3.55. The molecule has 0 radical (unpaired) electrons. The van der Waals surface area contributed by atoms with Gasteiger partial charge in [-0.15, -0.1) is 0 Å². The molecule has 1 aliphatic rings. The summed E-state index contributed by atoms with van der Waals surface area (Å²) in [6.45, 7) is 2.84. The molecule has 1 saturated heterocycles. The molecular formula is C11H22N2O4S2. The summed E-state index contributed by atoms with van der Waals surface area (Å²) in [5.41, 5.74) is 0. The third kappa shape index (κ3) is 5.29. The first-order chi connectivity index (χ1) is 8.86. The summed E-state index contributed by atoms with van der Waals surface area (Å²) in [6.07, 6.45) is 3.12. The molecule has 0 amide bonds. The van der Waals surface area contributed by atoms with Crippen LogP contribution in [0.25, 0.3) is 0 Å². The molecule has 8 heteroatoms. The third-order valence-corrected chi connectivity index (χ3v) is 5.58. The zero-order chi connectivity index (χ0) is 14.5. The topological polar surface area (TPSA) is 86.7 Å². The number of thioether (sulfide) groups is 1. The molecule has 0 aromatic carbocycles. The predicted molar refractivity (Wildman–Crippen MR) is 76.4 cm³/mol. The van der Waals surface area contributed by atoms with Crippen LogP contribution in [0.3, 0.4) is 0 Å². The van der Waals surface area contributed by atoms with Crippen molar-refractivity contribution >= 4 is 27.9 Å². The fourth-order valence-corrected chi connectivity index (χ4v) is 4.15. The summed E-state index contributed by atoms with van der Waals surface area (Å²) in [5.74, 6) is -0.366. The first-order valence-electron chi connectivity index (χ1n) is 6.33. The van der Waals surface area contributed by atoms with E-state index in [1.807, 2.05) is 13.2 Å². The van der Waals surface area contributed by atoms with Crippen LogP contribution in [0.15, 0.2) is 0 Å². The summed E-state index contributed by atoms with van der Waals surface area (Å²) < 4.78 is 28.0. The van der Waals surface area contributed by atoms with Gasteiger partial charge >= 0.3 is 5.97 Å². The van der Waals surface area contributed by atoms with Crippen molar-refractivity contribution in [1.29, 1.82) is 0 Å². The summed E-state index contributed by atoms with van der Waals surface area (Å²) in [7, 11) is -3.55. The Morgan fingerprint density at radius 1 is 1.58 bits per heavy atom. The average molecular weight is 310 g/mol. The molecule has 0 aliphatic carbocycles. The third-order valence-electron chi connectivity index (χ3n) is 3.14. The number of nitrogens with one attached hydrogen (secondary N) is 1. The quantitative estimate of drug-likeness (QED) is 0.720. The molecule has 1 fully saturated rings. The van der Waals surface area contributed by atoms with Crippen molar-refractivity contribution < 1.29 is 18.3 Å². The highest BCUT2D eigenvalue weighted by atomic mass is 32.2. The average Bonchev–Trinajstić information content (AvgIpc) is 2.37. The van der Waals surface area contributed by atoms with Gasteiger partial charge in [0.25, 0.3) is 10.2 Å². The van der Waals surface area contributed by atoms with Crippen LogP contribution in [-0.4, -0.2) is 55.4 Å². The van der Waals surface area contributed by atoms with E-state index in [2.05, 4.69) is 4.72 Å². The fraction of sp³-hybridized carbons (Fsp3) is 0.909. The molecule has 0 aromatic heterocycles. The van der Waals surface area contributed by atoms with Gasteiger partial charge in [0.15, 0.2) is 0 Å². The highest BCUT2D eigenvalue weighted by Gasteiger charge is 2.32. The second kappa shape index (κ2) is 7.47. The van der Waals surface area contributed by atoms with Crippen LogP contribution < -0.4 is 4.72 Å². The maximum Gasteiger partial charge on any atom is 0.307 e. The normalized spacial score (nSPS) is 23.2. The maximum absolute atomic E-state index is 12.1. The van der Waals surface area contributed by atoms with Gasteiger partial charge in [0.05, 0.1) is 5.92 Å². The van der Waals surface area contributed by atoms with E-state index in [0.717, 1.165) is 5.75 Å². The van der Waals surface area contributed by atoms with Crippen LogP contribution in [0.1, 0.15) is 19.8 Å². The van der Waals surface area contributed by atoms with Crippen molar-refractivity contribution in [2.75, 3.05) is 31.6 Å². The number of carbonyl (C=O) groups is 1. The van der Waals surface area contributed by atoms with E-state index in [1.54, 1.807) is 11.8 Å². The predicted octanol–water partition coefficient (Wildman–Crippen LogP) is 0.616. The number of nitrogens with zero attached hydrogens (tertiary/aromatic N) is 1. The van der Waals surface area contributed by atoms with E-state index in [9.17, 15) is 13.2 Å². The summed E-state index contributed by atoms with van der Waals surface area (Å²) in [5, 5.41) is 8.97. The van der Waals surface area contributed by atoms with Crippen molar-refractivity contribution in [2.24, 2.45) is 11.8 Å². The first kappa shape index (κ1) is 16.7. The Hall–Kier alpha value is -0.310. The molecule has 0 aromatic rings. The number of rotatable bonds is 7. The molecule has 2 N–H and O–H groups in total. The first-order valence-corrected chi connectivity index (χ1v) is 9.16. The smallest absolute Gasteiger partial charge is 0.307 e. The van der Waals surface area contributed by atoms with Crippen LogP contribution in [-0.2, 0) is 15.0 Å². The number of aliphatic carboxylic acids is 1. The summed E-state index contributed by atoms with van der Waals surface area (Å²) >= 11 is 1.67. The van der Waals surface area contributed by atoms with Gasteiger partial charge in [0, 0.05) is 19.6 Å². The van der Waals surface area contributed by atoms with Gasteiger partial charge in [0.1, 0.15) is 0 Å². The van der Waals surface area contributed by atoms with Crippen LogP contribution in [0.4, 0.5) is 0 Å². The van der Waals surface area contributed by atoms with Gasteiger partial charge in [0.2, 0.25) is 0 Å². The van der Waals surface area contributed by atoms with Crippen LogP contribution >= 0.6 is 11.8 Å². The molecule has 19 heavy (non-hydrogen) atoms. The molecule has 0 saturated carbocycles. The number of hydrogen-bond donors (Lipinski definition) is 2. The van der Waals surface area contributed by atoms with Crippen molar-refractivity contribution in [2.45, 2.75) is 19.8 Å². The zero-order valence-corrected chi connectivity index (χ0v) is 13.0. The molecule has 0 bridgehead atoms. The van der Waals surface area contributed by atoms with E-state index < -0.39 is 22.1 Å². The number of carboxylic acid groups (broad SMARTS) is 1. The monoisotopic (exact) mass is 310 g/mol. The zero-order valence-electron chi connectivity index (χ0n) is 11.3. The Morgan fingerprint density at radius 2 is 2.26 bits per heavy atom. The lowest BCUT2D eigenvalue weighted by atomic mass is 10.0. The number of piperidine rings is 1. The maximum atomic E-state index is 12.1. The minimum absolute atomic E-state index is 0.0710. The van der Waals surface area contributed by atoms with Gasteiger partial charge in [-0.25, -0.2) is 4.72 Å². The van der Waals surface area contributed by atoms with E-state index in [0.29, 0.717) is 25.9 Å². The van der Waals surface area contributed by atoms with E-state index >= 15 is 0 Å². The van der Waals surface area contributed by atoms with Gasteiger partial charge in [-0.2, -0.15) is 24.5 Å². The Labute approximate surface area is 119 Å².